The van der Waals surface area contributed by atoms with Gasteiger partial charge < -0.3 is 10.3 Å². The van der Waals surface area contributed by atoms with Crippen molar-refractivity contribution in [3.63, 3.8) is 0 Å². The maximum atomic E-state index is 13.6. The molecule has 0 aliphatic heterocycles. The molecule has 0 aliphatic rings. The fraction of sp³-hybridized carbons (Fsp3) is 0.0588. The Hall–Kier alpha value is -2.95. The smallest absolute Gasteiger partial charge is 0.272 e. The van der Waals surface area contributed by atoms with Gasteiger partial charge in [0.05, 0.1) is 0 Å². The normalized spacial score (nSPS) is 10.6. The minimum atomic E-state index is -0.376. The molecule has 0 fully saturated rings. The van der Waals surface area contributed by atoms with E-state index in [9.17, 15) is 14.0 Å². The predicted octanol–water partition coefficient (Wildman–Crippen LogP) is 3.76. The number of benzene rings is 2. The van der Waals surface area contributed by atoms with Crippen molar-refractivity contribution in [3.05, 3.63) is 65.6 Å². The largest absolute Gasteiger partial charge is 0.350 e. The summed E-state index contributed by atoms with van der Waals surface area (Å²) in [7, 11) is 0. The molecule has 0 spiro atoms. The second-order valence-corrected chi connectivity index (χ2v) is 4.97. The zero-order valence-electron chi connectivity index (χ0n) is 11.8. The van der Waals surface area contributed by atoms with Gasteiger partial charge in [-0.1, -0.05) is 6.07 Å². The molecule has 1 amide bonds. The Morgan fingerprint density at radius 2 is 1.82 bits per heavy atom. The van der Waals surface area contributed by atoms with E-state index in [1.54, 1.807) is 36.4 Å². The summed E-state index contributed by atoms with van der Waals surface area (Å²) >= 11 is 0. The van der Waals surface area contributed by atoms with Crippen molar-refractivity contribution in [3.8, 4) is 0 Å². The Morgan fingerprint density at radius 3 is 2.45 bits per heavy atom. The lowest BCUT2D eigenvalue weighted by Crippen LogP contribution is -2.12. The molecule has 2 N–H and O–H groups in total. The maximum absolute atomic E-state index is 13.6. The molecule has 0 aliphatic carbocycles. The van der Waals surface area contributed by atoms with Gasteiger partial charge in [0.15, 0.2) is 5.78 Å². The third kappa shape index (κ3) is 2.61. The summed E-state index contributed by atoms with van der Waals surface area (Å²) in [4.78, 5) is 26.3. The van der Waals surface area contributed by atoms with Gasteiger partial charge in [0.25, 0.3) is 5.91 Å². The Labute approximate surface area is 126 Å². The van der Waals surface area contributed by atoms with Crippen LogP contribution in [0.2, 0.25) is 0 Å². The van der Waals surface area contributed by atoms with E-state index in [-0.39, 0.29) is 23.2 Å². The lowest BCUT2D eigenvalue weighted by molar-refractivity contribution is 0.101. The zero-order valence-corrected chi connectivity index (χ0v) is 11.8. The van der Waals surface area contributed by atoms with Gasteiger partial charge in [-0.2, -0.15) is 0 Å². The van der Waals surface area contributed by atoms with Crippen LogP contribution in [-0.2, 0) is 0 Å². The van der Waals surface area contributed by atoms with Crippen molar-refractivity contribution in [2.75, 3.05) is 5.32 Å². The Balaban J connectivity index is 1.83. The van der Waals surface area contributed by atoms with Crippen molar-refractivity contribution < 1.29 is 14.0 Å². The number of H-pyrrole nitrogens is 1. The first-order valence-corrected chi connectivity index (χ1v) is 6.74. The number of carbonyl (C=O) groups excluding carboxylic acids is 2. The molecule has 0 atom stereocenters. The van der Waals surface area contributed by atoms with Crippen LogP contribution in [0.15, 0.2) is 48.5 Å². The third-order valence-corrected chi connectivity index (χ3v) is 3.40. The third-order valence-electron chi connectivity index (χ3n) is 3.40. The fourth-order valence-corrected chi connectivity index (χ4v) is 2.23. The van der Waals surface area contributed by atoms with Crippen LogP contribution in [0.25, 0.3) is 10.9 Å². The number of carbonyl (C=O) groups is 2. The first-order valence-electron chi connectivity index (χ1n) is 6.74. The molecule has 22 heavy (non-hydrogen) atoms. The highest BCUT2D eigenvalue weighted by Crippen LogP contribution is 2.19. The van der Waals surface area contributed by atoms with Crippen molar-refractivity contribution in [2.24, 2.45) is 0 Å². The number of aromatic nitrogens is 1. The second kappa shape index (κ2) is 5.44. The van der Waals surface area contributed by atoms with Crippen molar-refractivity contribution in [1.29, 1.82) is 0 Å². The van der Waals surface area contributed by atoms with Crippen molar-refractivity contribution >= 4 is 28.3 Å². The molecule has 1 heterocycles. The molecule has 0 saturated heterocycles. The van der Waals surface area contributed by atoms with Crippen LogP contribution in [0.4, 0.5) is 10.1 Å². The van der Waals surface area contributed by atoms with Crippen LogP contribution in [0.1, 0.15) is 27.8 Å². The average molecular weight is 296 g/mol. The molecule has 3 rings (SSSR count). The van der Waals surface area contributed by atoms with E-state index >= 15 is 0 Å². The van der Waals surface area contributed by atoms with E-state index in [1.807, 2.05) is 0 Å². The molecule has 5 heteroatoms. The van der Waals surface area contributed by atoms with E-state index < -0.39 is 0 Å². The fourth-order valence-electron chi connectivity index (χ4n) is 2.23. The minimum Gasteiger partial charge on any atom is -0.350 e. The van der Waals surface area contributed by atoms with Crippen LogP contribution in [0.5, 0.6) is 0 Å². The number of nitrogens with one attached hydrogen (secondary N) is 2. The van der Waals surface area contributed by atoms with Crippen LogP contribution in [0.3, 0.4) is 0 Å². The molecular weight excluding hydrogens is 283 g/mol. The Bertz CT molecular complexity index is 866. The summed E-state index contributed by atoms with van der Waals surface area (Å²) in [6.07, 6.45) is 0. The number of amides is 1. The van der Waals surface area contributed by atoms with Gasteiger partial charge >= 0.3 is 0 Å². The molecule has 1 aromatic heterocycles. The highest BCUT2D eigenvalue weighted by molar-refractivity contribution is 6.06. The number of rotatable bonds is 3. The van der Waals surface area contributed by atoms with Crippen LogP contribution < -0.4 is 5.32 Å². The molecule has 3 aromatic rings. The van der Waals surface area contributed by atoms with E-state index in [1.165, 1.54) is 19.1 Å². The highest BCUT2D eigenvalue weighted by atomic mass is 19.1. The summed E-state index contributed by atoms with van der Waals surface area (Å²) in [5.41, 5.74) is 1.98. The molecule has 2 aromatic carbocycles. The molecule has 4 nitrogen and oxygen atoms in total. The number of fused-ring (bicyclic) bond motifs is 1. The van der Waals surface area contributed by atoms with Gasteiger partial charge in [-0.15, -0.1) is 0 Å². The SMILES string of the molecule is CC(=O)c1ccc(NC(=O)c2cc3c(F)cccc3[nH]2)cc1. The van der Waals surface area contributed by atoms with Gasteiger partial charge in [0.2, 0.25) is 0 Å². The summed E-state index contributed by atoms with van der Waals surface area (Å²) in [5.74, 6) is -0.784. The number of hydrogen-bond donors (Lipinski definition) is 2. The number of aromatic amines is 1. The lowest BCUT2D eigenvalue weighted by atomic mass is 10.1. The molecule has 110 valence electrons. The Kier molecular flexibility index (Phi) is 3.47. The van der Waals surface area contributed by atoms with E-state index in [0.29, 0.717) is 22.2 Å². The standard InChI is InChI=1S/C17H13FN2O2/c1-10(21)11-5-7-12(8-6-11)19-17(22)16-9-13-14(18)3-2-4-15(13)20-16/h2-9,20H,1H3,(H,19,22). The van der Waals surface area contributed by atoms with E-state index in [0.717, 1.165) is 0 Å². The number of halogens is 1. The quantitative estimate of drug-likeness (QED) is 0.723. The predicted molar refractivity (Wildman–Crippen MR) is 82.7 cm³/mol. The first kappa shape index (κ1) is 14.0. The molecule has 0 bridgehead atoms. The Morgan fingerprint density at radius 1 is 1.09 bits per heavy atom. The second-order valence-electron chi connectivity index (χ2n) is 4.97. The minimum absolute atomic E-state index is 0.0380. The highest BCUT2D eigenvalue weighted by Gasteiger charge is 2.12. The maximum Gasteiger partial charge on any atom is 0.272 e. The van der Waals surface area contributed by atoms with E-state index in [4.69, 9.17) is 0 Å². The van der Waals surface area contributed by atoms with Crippen molar-refractivity contribution in [2.45, 2.75) is 6.92 Å². The summed E-state index contributed by atoms with van der Waals surface area (Å²) < 4.78 is 13.6. The molecular formula is C17H13FN2O2. The number of anilines is 1. The van der Waals surface area contributed by atoms with Gasteiger partial charge in [-0.3, -0.25) is 9.59 Å². The van der Waals surface area contributed by atoms with Gasteiger partial charge in [0.1, 0.15) is 11.5 Å². The molecule has 0 saturated carbocycles. The van der Waals surface area contributed by atoms with E-state index in [2.05, 4.69) is 10.3 Å². The van der Waals surface area contributed by atoms with Crippen LogP contribution in [0, 0.1) is 5.82 Å². The number of hydrogen-bond acceptors (Lipinski definition) is 2. The van der Waals surface area contributed by atoms with Gasteiger partial charge in [-0.25, -0.2) is 4.39 Å². The summed E-state index contributed by atoms with van der Waals surface area (Å²) in [6.45, 7) is 1.48. The molecule has 0 radical (unpaired) electrons. The van der Waals surface area contributed by atoms with Crippen LogP contribution >= 0.6 is 0 Å². The summed E-state index contributed by atoms with van der Waals surface area (Å²) in [6, 6.07) is 12.7. The lowest BCUT2D eigenvalue weighted by Gasteiger charge is -2.04. The van der Waals surface area contributed by atoms with Gasteiger partial charge in [0, 0.05) is 22.2 Å². The zero-order chi connectivity index (χ0) is 15.7. The van der Waals surface area contributed by atoms with Gasteiger partial charge in [-0.05, 0) is 49.4 Å². The monoisotopic (exact) mass is 296 g/mol. The average Bonchev–Trinajstić information content (AvgIpc) is 2.93. The topological polar surface area (TPSA) is 62.0 Å². The first-order chi connectivity index (χ1) is 10.5. The molecule has 0 unspecified atom stereocenters. The number of ketones is 1. The summed E-state index contributed by atoms with van der Waals surface area (Å²) in [5, 5.41) is 3.08. The van der Waals surface area contributed by atoms with Crippen LogP contribution in [-0.4, -0.2) is 16.7 Å². The number of Topliss-reactive ketones (excluding diaryl/α,β-unsaturated/α-hetero) is 1. The van der Waals surface area contributed by atoms with Crippen molar-refractivity contribution in [1.82, 2.24) is 4.98 Å².